The number of rotatable bonds is 2. The number of hydrogen-bond donors (Lipinski definition) is 0. The lowest BCUT2D eigenvalue weighted by atomic mass is 10.1. The van der Waals surface area contributed by atoms with Gasteiger partial charge in [0.1, 0.15) is 0 Å². The maximum atomic E-state index is 12.4. The molecule has 1 aliphatic heterocycles. The van der Waals surface area contributed by atoms with E-state index in [0.717, 1.165) is 50.3 Å². The van der Waals surface area contributed by atoms with Gasteiger partial charge >= 0.3 is 6.18 Å². The van der Waals surface area contributed by atoms with E-state index >= 15 is 0 Å². The van der Waals surface area contributed by atoms with Gasteiger partial charge in [-0.05, 0) is 30.7 Å². The molecule has 0 atom stereocenters. The Labute approximate surface area is 105 Å². The minimum atomic E-state index is -4.25. The summed E-state index contributed by atoms with van der Waals surface area (Å²) in [7, 11) is 0. The molecule has 0 bridgehead atoms. The summed E-state index contributed by atoms with van der Waals surface area (Å²) in [5.41, 5.74) is 0.335. The second-order valence-corrected chi connectivity index (χ2v) is 4.50. The molecule has 0 saturated carbocycles. The predicted molar refractivity (Wildman–Crippen MR) is 63.2 cm³/mol. The van der Waals surface area contributed by atoms with Crippen LogP contribution in [0.2, 0.25) is 0 Å². The summed E-state index contributed by atoms with van der Waals surface area (Å²) in [6.07, 6.45) is -3.22. The van der Waals surface area contributed by atoms with Crippen molar-refractivity contribution >= 4 is 0 Å². The fourth-order valence-electron chi connectivity index (χ4n) is 2.06. The van der Waals surface area contributed by atoms with Crippen molar-refractivity contribution in [2.45, 2.75) is 19.1 Å². The topological polar surface area (TPSA) is 17.3 Å². The maximum Gasteiger partial charge on any atom is 0.416 e. The van der Waals surface area contributed by atoms with Crippen LogP contribution in [0, 0.1) is 0 Å². The van der Waals surface area contributed by atoms with Crippen LogP contribution in [-0.2, 0) is 12.7 Å². The minimum absolute atomic E-state index is 0.586. The first-order valence-electron chi connectivity index (χ1n) is 6.07. The van der Waals surface area contributed by atoms with Gasteiger partial charge in [-0.2, -0.15) is 13.2 Å². The average molecular weight is 257 g/mol. The molecule has 18 heavy (non-hydrogen) atoms. The largest absolute Gasteiger partial charge is 0.416 e. The third kappa shape index (κ3) is 3.71. The van der Waals surface area contributed by atoms with Crippen molar-refractivity contribution in [1.29, 1.82) is 0 Å². The minimum Gasteiger partial charge on any atom is -0.298 e. The van der Waals surface area contributed by atoms with Crippen LogP contribution in [0.25, 0.3) is 0 Å². The Morgan fingerprint density at radius 1 is 1.06 bits per heavy atom. The first-order chi connectivity index (χ1) is 8.55. The third-order valence-electron chi connectivity index (χ3n) is 3.05. The Kier molecular flexibility index (Phi) is 4.24. The van der Waals surface area contributed by atoms with Gasteiger partial charge in [-0.1, -0.05) is 12.1 Å². The van der Waals surface area contributed by atoms with E-state index in [9.17, 15) is 13.2 Å². The van der Waals surface area contributed by atoms with Crippen LogP contribution in [0.15, 0.2) is 24.3 Å². The van der Waals surface area contributed by atoms with Crippen LogP contribution in [-0.4, -0.2) is 31.1 Å². The number of halogens is 3. The molecular formula is C13H16F3N2. The van der Waals surface area contributed by atoms with Crippen molar-refractivity contribution in [2.24, 2.45) is 0 Å². The quantitative estimate of drug-likeness (QED) is 0.795. The molecule has 0 amide bonds. The second kappa shape index (κ2) is 5.71. The van der Waals surface area contributed by atoms with E-state index in [0.29, 0.717) is 6.54 Å². The zero-order valence-corrected chi connectivity index (χ0v) is 10.1. The smallest absolute Gasteiger partial charge is 0.298 e. The van der Waals surface area contributed by atoms with Gasteiger partial charge in [0, 0.05) is 26.2 Å². The summed E-state index contributed by atoms with van der Waals surface area (Å²) >= 11 is 0. The van der Waals surface area contributed by atoms with Crippen molar-refractivity contribution < 1.29 is 13.2 Å². The fourth-order valence-corrected chi connectivity index (χ4v) is 2.06. The summed E-state index contributed by atoms with van der Waals surface area (Å²) in [6, 6.07) is 5.42. The van der Waals surface area contributed by atoms with Crippen molar-refractivity contribution in [2.75, 3.05) is 26.2 Å². The molecule has 2 nitrogen and oxygen atoms in total. The monoisotopic (exact) mass is 257 g/mol. The zero-order valence-electron chi connectivity index (χ0n) is 10.1. The molecule has 99 valence electrons. The van der Waals surface area contributed by atoms with E-state index < -0.39 is 11.7 Å². The molecule has 1 fully saturated rings. The van der Waals surface area contributed by atoms with E-state index in [1.54, 1.807) is 12.1 Å². The molecule has 0 aromatic heterocycles. The molecular weight excluding hydrogens is 241 g/mol. The lowest BCUT2D eigenvalue weighted by molar-refractivity contribution is -0.137. The van der Waals surface area contributed by atoms with Crippen LogP contribution in [0.1, 0.15) is 17.5 Å². The Morgan fingerprint density at radius 3 is 2.44 bits per heavy atom. The van der Waals surface area contributed by atoms with Crippen molar-refractivity contribution in [3.8, 4) is 0 Å². The van der Waals surface area contributed by atoms with Gasteiger partial charge in [0.2, 0.25) is 0 Å². The lowest BCUT2D eigenvalue weighted by Crippen LogP contribution is -2.26. The molecule has 1 aromatic carbocycles. The highest BCUT2D eigenvalue weighted by Gasteiger charge is 2.29. The van der Waals surface area contributed by atoms with Gasteiger partial charge in [-0.3, -0.25) is 4.90 Å². The van der Waals surface area contributed by atoms with E-state index in [2.05, 4.69) is 10.2 Å². The normalized spacial score (nSPS) is 18.6. The summed E-state index contributed by atoms with van der Waals surface area (Å²) < 4.78 is 37.2. The van der Waals surface area contributed by atoms with E-state index in [1.165, 1.54) is 0 Å². The summed E-state index contributed by atoms with van der Waals surface area (Å²) in [6.45, 7) is 4.27. The van der Waals surface area contributed by atoms with Crippen molar-refractivity contribution in [3.63, 3.8) is 0 Å². The summed E-state index contributed by atoms with van der Waals surface area (Å²) in [4.78, 5) is 2.24. The Morgan fingerprint density at radius 2 is 1.78 bits per heavy atom. The number of nitrogens with zero attached hydrogens (tertiary/aromatic N) is 2. The van der Waals surface area contributed by atoms with Crippen LogP contribution in [0.3, 0.4) is 0 Å². The molecule has 1 radical (unpaired) electrons. The molecule has 1 aliphatic rings. The Bertz CT molecular complexity index is 365. The molecule has 5 heteroatoms. The number of hydrogen-bond acceptors (Lipinski definition) is 1. The first kappa shape index (κ1) is 13.4. The second-order valence-electron chi connectivity index (χ2n) is 4.50. The molecule has 0 unspecified atom stereocenters. The molecule has 0 aliphatic carbocycles. The Hall–Kier alpha value is -1.07. The Balaban J connectivity index is 1.97. The van der Waals surface area contributed by atoms with Gasteiger partial charge < -0.3 is 0 Å². The number of alkyl halides is 3. The maximum absolute atomic E-state index is 12.4. The molecule has 1 saturated heterocycles. The fraction of sp³-hybridized carbons (Fsp3) is 0.538. The van der Waals surface area contributed by atoms with Crippen LogP contribution in [0.4, 0.5) is 13.2 Å². The third-order valence-corrected chi connectivity index (χ3v) is 3.05. The zero-order chi connectivity index (χ0) is 13.0. The van der Waals surface area contributed by atoms with Crippen molar-refractivity contribution in [1.82, 2.24) is 10.2 Å². The van der Waals surface area contributed by atoms with E-state index in [1.807, 2.05) is 0 Å². The highest BCUT2D eigenvalue weighted by Crippen LogP contribution is 2.29. The highest BCUT2D eigenvalue weighted by atomic mass is 19.4. The van der Waals surface area contributed by atoms with Crippen LogP contribution < -0.4 is 5.32 Å². The molecule has 0 spiro atoms. The average Bonchev–Trinajstić information content (AvgIpc) is 2.57. The van der Waals surface area contributed by atoms with Crippen LogP contribution >= 0.6 is 0 Å². The van der Waals surface area contributed by atoms with E-state index in [4.69, 9.17) is 0 Å². The van der Waals surface area contributed by atoms with Crippen molar-refractivity contribution in [3.05, 3.63) is 35.4 Å². The SMILES string of the molecule is FC(F)(F)c1ccc(CN2CCC[N]CC2)cc1. The van der Waals surface area contributed by atoms with Gasteiger partial charge in [-0.15, -0.1) is 0 Å². The molecule has 1 aromatic rings. The summed E-state index contributed by atoms with van der Waals surface area (Å²) in [5, 5.41) is 4.32. The predicted octanol–water partition coefficient (Wildman–Crippen LogP) is 2.52. The van der Waals surface area contributed by atoms with E-state index in [-0.39, 0.29) is 0 Å². The van der Waals surface area contributed by atoms with Gasteiger partial charge in [0.15, 0.2) is 0 Å². The first-order valence-corrected chi connectivity index (χ1v) is 6.07. The van der Waals surface area contributed by atoms with Gasteiger partial charge in [0.05, 0.1) is 5.56 Å². The van der Waals surface area contributed by atoms with Gasteiger partial charge in [-0.25, -0.2) is 5.32 Å². The highest BCUT2D eigenvalue weighted by molar-refractivity contribution is 5.24. The van der Waals surface area contributed by atoms with Gasteiger partial charge in [0.25, 0.3) is 0 Å². The lowest BCUT2D eigenvalue weighted by Gasteiger charge is -2.19. The van der Waals surface area contributed by atoms with Crippen LogP contribution in [0.5, 0.6) is 0 Å². The molecule has 2 rings (SSSR count). The molecule has 0 N–H and O–H groups in total. The molecule has 1 heterocycles. The standard InChI is InChI=1S/C13H16F3N2/c14-13(15,16)12-4-2-11(3-5-12)10-18-8-1-6-17-7-9-18/h2-5H,1,6-10H2. The summed E-state index contributed by atoms with van der Waals surface area (Å²) in [5.74, 6) is 0. The number of benzene rings is 1.